The average Bonchev–Trinajstić information content (AvgIpc) is 2.79. The van der Waals surface area contributed by atoms with Crippen LogP contribution >= 0.6 is 15.9 Å². The van der Waals surface area contributed by atoms with Gasteiger partial charge in [-0.05, 0) is 66.6 Å². The van der Waals surface area contributed by atoms with Gasteiger partial charge in [-0.1, -0.05) is 0 Å². The van der Waals surface area contributed by atoms with E-state index in [2.05, 4.69) is 20.9 Å². The molecule has 2 aromatic rings. The van der Waals surface area contributed by atoms with Gasteiger partial charge in [-0.3, -0.25) is 0 Å². The Kier molecular flexibility index (Phi) is 3.57. The number of aromatic amines is 1. The second kappa shape index (κ2) is 5.06. The highest BCUT2D eigenvalue weighted by Gasteiger charge is 2.33. The van der Waals surface area contributed by atoms with Crippen LogP contribution in [0, 0.1) is 11.7 Å². The van der Waals surface area contributed by atoms with Gasteiger partial charge in [0.2, 0.25) is 0 Å². The van der Waals surface area contributed by atoms with E-state index < -0.39 is 17.4 Å². The molecule has 0 bridgehead atoms. The molecule has 1 heterocycles. The molecule has 0 spiro atoms. The van der Waals surface area contributed by atoms with Crippen LogP contribution in [0.15, 0.2) is 10.5 Å². The molecule has 0 fully saturated rings. The molecule has 1 aliphatic rings. The van der Waals surface area contributed by atoms with Crippen molar-refractivity contribution in [1.82, 2.24) is 4.98 Å². The number of carbonyl (C=O) groups is 1. The third-order valence-corrected chi connectivity index (χ3v) is 5.36. The Balaban J connectivity index is 2.22. The maximum Gasteiger partial charge on any atom is 0.337 e. The molecule has 118 valence electrons. The molecule has 0 saturated heterocycles. The number of halogens is 2. The minimum atomic E-state index is -1.16. The summed E-state index contributed by atoms with van der Waals surface area (Å²) in [6, 6.07) is 1.03. The highest BCUT2D eigenvalue weighted by atomic mass is 79.9. The first kappa shape index (κ1) is 15.5. The van der Waals surface area contributed by atoms with Gasteiger partial charge in [0.1, 0.15) is 5.82 Å². The first-order valence-corrected chi connectivity index (χ1v) is 7.96. The van der Waals surface area contributed by atoms with Crippen LogP contribution in [-0.4, -0.2) is 26.8 Å². The molecule has 4 nitrogen and oxygen atoms in total. The van der Waals surface area contributed by atoms with Gasteiger partial charge in [-0.25, -0.2) is 9.18 Å². The number of carboxylic acids is 1. The lowest BCUT2D eigenvalue weighted by Gasteiger charge is -2.32. The van der Waals surface area contributed by atoms with Crippen molar-refractivity contribution in [3.05, 3.63) is 33.2 Å². The van der Waals surface area contributed by atoms with Crippen molar-refractivity contribution in [2.75, 3.05) is 0 Å². The fourth-order valence-electron chi connectivity index (χ4n) is 3.31. The Hall–Kier alpha value is -1.40. The molecule has 6 heteroatoms. The average molecular weight is 370 g/mol. The van der Waals surface area contributed by atoms with E-state index in [-0.39, 0.29) is 11.5 Å². The third-order valence-electron chi connectivity index (χ3n) is 4.58. The standard InChI is InChI=1S/C16H17BrFNO3/c1-16(2,22)7-3-4-8-11(5-7)19-14-9(15(20)21)6-10(18)13(17)12(8)14/h6-7,19,22H,3-5H2,1-2H3,(H,20,21)/t7-/m0/s1. The molecule has 22 heavy (non-hydrogen) atoms. The highest BCUT2D eigenvalue weighted by Crippen LogP contribution is 2.40. The van der Waals surface area contributed by atoms with E-state index >= 15 is 0 Å². The largest absolute Gasteiger partial charge is 0.478 e. The molecule has 0 aliphatic heterocycles. The zero-order chi connectivity index (χ0) is 16.2. The Bertz CT molecular complexity index is 776. The number of fused-ring (bicyclic) bond motifs is 3. The topological polar surface area (TPSA) is 73.3 Å². The van der Waals surface area contributed by atoms with Crippen LogP contribution in [0.3, 0.4) is 0 Å². The zero-order valence-corrected chi connectivity index (χ0v) is 13.9. The maximum absolute atomic E-state index is 14.0. The van der Waals surface area contributed by atoms with Crippen molar-refractivity contribution in [1.29, 1.82) is 0 Å². The summed E-state index contributed by atoms with van der Waals surface area (Å²) >= 11 is 3.24. The van der Waals surface area contributed by atoms with E-state index in [1.54, 1.807) is 13.8 Å². The van der Waals surface area contributed by atoms with Gasteiger partial charge in [-0.15, -0.1) is 0 Å². The first-order valence-electron chi connectivity index (χ1n) is 7.17. The summed E-state index contributed by atoms with van der Waals surface area (Å²) in [6.45, 7) is 3.56. The first-order chi connectivity index (χ1) is 10.2. The molecule has 0 amide bonds. The van der Waals surface area contributed by atoms with Gasteiger partial charge in [0.05, 0.1) is 21.2 Å². The second-order valence-electron chi connectivity index (χ2n) is 6.45. The van der Waals surface area contributed by atoms with Gasteiger partial charge in [0.25, 0.3) is 0 Å². The number of aromatic carboxylic acids is 1. The lowest BCUT2D eigenvalue weighted by atomic mass is 9.78. The predicted molar refractivity (Wildman–Crippen MR) is 84.7 cm³/mol. The summed E-state index contributed by atoms with van der Waals surface area (Å²) in [5.41, 5.74) is 1.42. The summed E-state index contributed by atoms with van der Waals surface area (Å²) in [5, 5.41) is 20.1. The normalized spacial score (nSPS) is 18.5. The Morgan fingerprint density at radius 2 is 2.18 bits per heavy atom. The number of hydrogen-bond acceptors (Lipinski definition) is 2. The number of benzene rings is 1. The SMILES string of the molecule is CC(C)(O)[C@H]1CCc2c([nH]c3c(C(=O)O)cc(F)c(Br)c23)C1. The molecule has 1 atom stereocenters. The molecule has 1 aromatic heterocycles. The number of aliphatic hydroxyl groups is 1. The Morgan fingerprint density at radius 3 is 2.77 bits per heavy atom. The van der Waals surface area contributed by atoms with E-state index in [4.69, 9.17) is 0 Å². The van der Waals surface area contributed by atoms with E-state index in [1.165, 1.54) is 0 Å². The lowest BCUT2D eigenvalue weighted by molar-refractivity contribution is 0.0107. The second-order valence-corrected chi connectivity index (χ2v) is 7.24. The van der Waals surface area contributed by atoms with Gasteiger partial charge < -0.3 is 15.2 Å². The molecule has 1 aromatic carbocycles. The van der Waals surface area contributed by atoms with E-state index in [0.29, 0.717) is 28.2 Å². The maximum atomic E-state index is 14.0. The molecule has 1 aliphatic carbocycles. The predicted octanol–water partition coefficient (Wildman–Crippen LogP) is 3.64. The molecule has 3 rings (SSSR count). The quantitative estimate of drug-likeness (QED) is 0.756. The van der Waals surface area contributed by atoms with Crippen LogP contribution in [0.4, 0.5) is 4.39 Å². The summed E-state index contributed by atoms with van der Waals surface area (Å²) in [7, 11) is 0. The smallest absolute Gasteiger partial charge is 0.337 e. The van der Waals surface area contributed by atoms with Crippen LogP contribution in [0.5, 0.6) is 0 Å². The van der Waals surface area contributed by atoms with Crippen LogP contribution in [0.25, 0.3) is 10.9 Å². The molecule has 0 unspecified atom stereocenters. The molecular formula is C16H17BrFNO3. The lowest BCUT2D eigenvalue weighted by Crippen LogP contribution is -2.34. The summed E-state index contributed by atoms with van der Waals surface area (Å²) in [5.74, 6) is -1.64. The van der Waals surface area contributed by atoms with E-state index in [0.717, 1.165) is 23.7 Å². The Labute approximate surface area is 135 Å². The van der Waals surface area contributed by atoms with Gasteiger partial charge >= 0.3 is 5.97 Å². The minimum absolute atomic E-state index is 0.0649. The van der Waals surface area contributed by atoms with Gasteiger partial charge in [0.15, 0.2) is 0 Å². The summed E-state index contributed by atoms with van der Waals surface area (Å²) < 4.78 is 14.3. The molecular weight excluding hydrogens is 353 g/mol. The number of aromatic nitrogens is 1. The monoisotopic (exact) mass is 369 g/mol. The van der Waals surface area contributed by atoms with Crippen LogP contribution < -0.4 is 0 Å². The number of nitrogens with one attached hydrogen (secondary N) is 1. The molecule has 0 radical (unpaired) electrons. The summed E-state index contributed by atoms with van der Waals surface area (Å²) in [6.07, 6.45) is 2.10. The highest BCUT2D eigenvalue weighted by molar-refractivity contribution is 9.10. The van der Waals surface area contributed by atoms with Crippen LogP contribution in [0.1, 0.15) is 41.9 Å². The van der Waals surface area contributed by atoms with Crippen molar-refractivity contribution in [3.63, 3.8) is 0 Å². The van der Waals surface area contributed by atoms with Crippen molar-refractivity contribution < 1.29 is 19.4 Å². The fourth-order valence-corrected chi connectivity index (χ4v) is 3.86. The van der Waals surface area contributed by atoms with E-state index in [1.807, 2.05) is 0 Å². The van der Waals surface area contributed by atoms with Gasteiger partial charge in [0, 0.05) is 11.1 Å². The number of hydrogen-bond donors (Lipinski definition) is 3. The Morgan fingerprint density at radius 1 is 1.50 bits per heavy atom. The molecule has 3 N–H and O–H groups in total. The van der Waals surface area contributed by atoms with Gasteiger partial charge in [-0.2, -0.15) is 0 Å². The fraction of sp³-hybridized carbons (Fsp3) is 0.438. The van der Waals surface area contributed by atoms with Crippen LogP contribution in [0.2, 0.25) is 0 Å². The molecule has 0 saturated carbocycles. The zero-order valence-electron chi connectivity index (χ0n) is 12.3. The third kappa shape index (κ3) is 2.34. The van der Waals surface area contributed by atoms with Crippen molar-refractivity contribution in [2.24, 2.45) is 5.92 Å². The number of H-pyrrole nitrogens is 1. The van der Waals surface area contributed by atoms with Crippen molar-refractivity contribution in [3.8, 4) is 0 Å². The number of aryl methyl sites for hydroxylation is 1. The summed E-state index contributed by atoms with van der Waals surface area (Å²) in [4.78, 5) is 14.5. The van der Waals surface area contributed by atoms with E-state index in [9.17, 15) is 19.4 Å². The minimum Gasteiger partial charge on any atom is -0.478 e. The van der Waals surface area contributed by atoms with Crippen LogP contribution in [-0.2, 0) is 12.8 Å². The number of rotatable bonds is 2. The van der Waals surface area contributed by atoms with Crippen molar-refractivity contribution in [2.45, 2.75) is 38.7 Å². The van der Waals surface area contributed by atoms with Crippen molar-refractivity contribution >= 4 is 32.8 Å². The number of carboxylic acid groups (broad SMARTS) is 1.